The average molecular weight is 1430 g/mol. The van der Waals surface area contributed by atoms with Crippen molar-refractivity contribution in [3.05, 3.63) is 400 Å². The van der Waals surface area contributed by atoms with Crippen LogP contribution < -0.4 is 9.80 Å². The van der Waals surface area contributed by atoms with E-state index in [9.17, 15) is 0 Å². The van der Waals surface area contributed by atoms with Crippen LogP contribution in [-0.2, 0) is 0 Å². The molecule has 21 aromatic carbocycles. The van der Waals surface area contributed by atoms with Crippen LogP contribution in [0.25, 0.3) is 181 Å². The molecule has 110 heavy (non-hydrogen) atoms. The quantitative estimate of drug-likeness (QED) is 0.133. The predicted molar refractivity (Wildman–Crippen MR) is 479 cm³/mol. The van der Waals surface area contributed by atoms with Gasteiger partial charge in [0.1, 0.15) is 0 Å². The molecule has 0 spiro atoms. The molecule has 23 aromatic rings. The van der Waals surface area contributed by atoms with Gasteiger partial charge in [0.2, 0.25) is 0 Å². The van der Waals surface area contributed by atoms with Crippen LogP contribution in [-0.4, -0.2) is 0 Å². The van der Waals surface area contributed by atoms with Crippen molar-refractivity contribution in [3.63, 3.8) is 0 Å². The Morgan fingerprint density at radius 3 is 0.927 bits per heavy atom. The summed E-state index contributed by atoms with van der Waals surface area (Å²) < 4.78 is 5.35. The van der Waals surface area contributed by atoms with E-state index in [1.807, 2.05) is 22.7 Å². The van der Waals surface area contributed by atoms with Gasteiger partial charge in [-0.15, -0.1) is 22.7 Å². The fourth-order valence-corrected chi connectivity index (χ4v) is 20.0. The van der Waals surface area contributed by atoms with Crippen LogP contribution in [0.3, 0.4) is 0 Å². The van der Waals surface area contributed by atoms with Gasteiger partial charge in [-0.1, -0.05) is 309 Å². The van der Waals surface area contributed by atoms with Gasteiger partial charge < -0.3 is 9.80 Å². The van der Waals surface area contributed by atoms with E-state index in [0.29, 0.717) is 0 Å². The molecule has 0 N–H and O–H groups in total. The highest BCUT2D eigenvalue weighted by atomic mass is 32.1. The topological polar surface area (TPSA) is 6.48 Å². The van der Waals surface area contributed by atoms with Crippen LogP contribution in [0, 0.1) is 0 Å². The molecule has 0 atom stereocenters. The number of nitrogens with zero attached hydrogens (tertiary/aromatic N) is 2. The van der Waals surface area contributed by atoms with Gasteiger partial charge in [-0.2, -0.15) is 0 Å². The number of fused-ring (bicyclic) bond motifs is 22. The number of thiophene rings is 2. The molecule has 0 bridgehead atoms. The lowest BCUT2D eigenvalue weighted by atomic mass is 9.92. The molecule has 0 saturated carbocycles. The zero-order chi connectivity index (χ0) is 72.3. The summed E-state index contributed by atoms with van der Waals surface area (Å²) in [7, 11) is 0. The summed E-state index contributed by atoms with van der Waals surface area (Å²) >= 11 is 3.78. The molecule has 0 aliphatic carbocycles. The number of hydrogen-bond donors (Lipinski definition) is 0. The Hall–Kier alpha value is -13.7. The minimum atomic E-state index is 1.12. The zero-order valence-corrected chi connectivity index (χ0v) is 61.4. The molecular weight excluding hydrogens is 1370 g/mol. The minimum absolute atomic E-state index is 1.12. The second-order valence-electron chi connectivity index (χ2n) is 29.0. The van der Waals surface area contributed by atoms with E-state index in [0.717, 1.165) is 34.1 Å². The van der Waals surface area contributed by atoms with Crippen molar-refractivity contribution in [3.8, 4) is 33.4 Å². The molecule has 512 valence electrons. The molecule has 2 heterocycles. The molecule has 0 aliphatic rings. The maximum absolute atomic E-state index is 2.45. The first-order valence-electron chi connectivity index (χ1n) is 37.7. The standard InChI is InChI=1S/C56H35NS.C50H31NS/c1-3-13-44-39(11-1)34-53(49-17-6-5-15-47(44)49)38-23-21-36(22-24-38)37-25-28-42(29-26-37)57(54-35-40-12-2-4-14-45(40)48-16-7-8-18-50(48)54)43-30-32-46-41(33-43)27-31-52-51-19-9-10-20-55(51)58-56(46)52;1-3-11-40-32(9-1)17-18-35-29-38(24-27-42(35)40)51(39-25-28-43-36(30-39)21-26-47-46-15-7-8-16-49(46)52-50(43)47)37-22-19-33(20-23-37)48-31-34-10-2-4-12-41(34)44-13-5-6-14-45(44)48/h1-35H;1-31H. The molecular formula is C106H66N2S2. The van der Waals surface area contributed by atoms with Gasteiger partial charge in [-0.05, 0) is 227 Å². The lowest BCUT2D eigenvalue weighted by Crippen LogP contribution is -2.10. The van der Waals surface area contributed by atoms with Crippen molar-refractivity contribution in [1.82, 2.24) is 0 Å². The second kappa shape index (κ2) is 26.0. The maximum atomic E-state index is 2.45. The van der Waals surface area contributed by atoms with Gasteiger partial charge in [-0.25, -0.2) is 0 Å². The molecule has 0 fully saturated rings. The highest BCUT2D eigenvalue weighted by Crippen LogP contribution is 2.48. The predicted octanol–water partition coefficient (Wildman–Crippen LogP) is 31.6. The van der Waals surface area contributed by atoms with Crippen LogP contribution in [0.1, 0.15) is 0 Å². The van der Waals surface area contributed by atoms with Crippen LogP contribution in [0.4, 0.5) is 34.1 Å². The van der Waals surface area contributed by atoms with E-state index >= 15 is 0 Å². The van der Waals surface area contributed by atoms with E-state index < -0.39 is 0 Å². The monoisotopic (exact) mass is 1430 g/mol. The van der Waals surface area contributed by atoms with Crippen LogP contribution >= 0.6 is 22.7 Å². The van der Waals surface area contributed by atoms with Crippen molar-refractivity contribution in [1.29, 1.82) is 0 Å². The third-order valence-electron chi connectivity index (χ3n) is 22.8. The van der Waals surface area contributed by atoms with Crippen molar-refractivity contribution >= 4 is 205 Å². The number of rotatable bonds is 9. The molecule has 0 amide bonds. The summed E-state index contributed by atoms with van der Waals surface area (Å²) in [6, 6.07) is 148. The van der Waals surface area contributed by atoms with E-state index in [-0.39, 0.29) is 0 Å². The summed E-state index contributed by atoms with van der Waals surface area (Å²) in [5.41, 5.74) is 14.1. The third-order valence-corrected chi connectivity index (χ3v) is 25.2. The minimum Gasteiger partial charge on any atom is -0.310 e. The molecule has 0 saturated heterocycles. The molecule has 0 radical (unpaired) electrons. The molecule has 2 nitrogen and oxygen atoms in total. The van der Waals surface area contributed by atoms with Crippen LogP contribution in [0.15, 0.2) is 400 Å². The summed E-state index contributed by atoms with van der Waals surface area (Å²) in [5, 5.41) is 30.6. The van der Waals surface area contributed by atoms with Crippen molar-refractivity contribution in [2.24, 2.45) is 0 Å². The highest BCUT2D eigenvalue weighted by Gasteiger charge is 2.22. The Bertz CT molecular complexity index is 7660. The van der Waals surface area contributed by atoms with Gasteiger partial charge >= 0.3 is 0 Å². The average Bonchev–Trinajstić information content (AvgIpc) is 1.21. The Labute approximate surface area is 643 Å². The first-order chi connectivity index (χ1) is 54.5. The van der Waals surface area contributed by atoms with Crippen molar-refractivity contribution in [2.75, 3.05) is 9.80 Å². The summed E-state index contributed by atoms with van der Waals surface area (Å²) in [6.45, 7) is 0. The fraction of sp³-hybridized carbons (Fsp3) is 0. The summed E-state index contributed by atoms with van der Waals surface area (Å²) in [4.78, 5) is 4.85. The Morgan fingerprint density at radius 2 is 0.436 bits per heavy atom. The van der Waals surface area contributed by atoms with Crippen molar-refractivity contribution < 1.29 is 0 Å². The molecule has 0 aliphatic heterocycles. The van der Waals surface area contributed by atoms with E-state index in [2.05, 4.69) is 410 Å². The van der Waals surface area contributed by atoms with Crippen LogP contribution in [0.2, 0.25) is 0 Å². The summed E-state index contributed by atoms with van der Waals surface area (Å²) in [5.74, 6) is 0. The largest absolute Gasteiger partial charge is 0.310 e. The first-order valence-corrected chi connectivity index (χ1v) is 39.4. The molecule has 23 rings (SSSR count). The lowest BCUT2D eigenvalue weighted by Gasteiger charge is -2.28. The van der Waals surface area contributed by atoms with Crippen molar-refractivity contribution in [2.45, 2.75) is 0 Å². The van der Waals surface area contributed by atoms with E-state index in [1.165, 1.54) is 181 Å². The number of anilines is 6. The number of benzene rings is 21. The molecule has 2 aromatic heterocycles. The van der Waals surface area contributed by atoms with Gasteiger partial charge in [0, 0.05) is 74.2 Å². The van der Waals surface area contributed by atoms with E-state index in [1.54, 1.807) is 0 Å². The normalized spacial score (nSPS) is 11.8. The Kier molecular flexibility index (Phi) is 15.0. The second-order valence-corrected chi connectivity index (χ2v) is 31.1. The molecule has 4 heteroatoms. The molecule has 0 unspecified atom stereocenters. The third kappa shape index (κ3) is 10.7. The first kappa shape index (κ1) is 63.5. The van der Waals surface area contributed by atoms with Gasteiger partial charge in [0.25, 0.3) is 0 Å². The SMILES string of the molecule is c1ccc2c(c1)cc(-c1ccc(-c3ccc(N(c4ccc5c(ccc6c7ccccc7sc56)c4)c4cc5ccccc5c5ccccc45)cc3)cc1)c1ccccc12.c1ccc2c(c1)ccc1cc(N(c3ccc(-c4cc5ccccc5c5ccccc45)cc3)c3ccc4c(ccc5c6ccccc6sc45)c3)ccc12. The number of hydrogen-bond acceptors (Lipinski definition) is 4. The van der Waals surface area contributed by atoms with Gasteiger partial charge in [0.15, 0.2) is 0 Å². The smallest absolute Gasteiger partial charge is 0.0546 e. The van der Waals surface area contributed by atoms with Crippen LogP contribution in [0.5, 0.6) is 0 Å². The Balaban J connectivity index is 0.000000136. The van der Waals surface area contributed by atoms with Gasteiger partial charge in [-0.3, -0.25) is 0 Å². The highest BCUT2D eigenvalue weighted by molar-refractivity contribution is 7.27. The zero-order valence-electron chi connectivity index (χ0n) is 59.8. The summed E-state index contributed by atoms with van der Waals surface area (Å²) in [6.07, 6.45) is 0. The fourth-order valence-electron chi connectivity index (χ4n) is 17.5. The Morgan fingerprint density at radius 1 is 0.155 bits per heavy atom. The lowest BCUT2D eigenvalue weighted by molar-refractivity contribution is 1.30. The van der Waals surface area contributed by atoms with E-state index in [4.69, 9.17) is 0 Å². The maximum Gasteiger partial charge on any atom is 0.0546 e. The van der Waals surface area contributed by atoms with Gasteiger partial charge in [0.05, 0.1) is 5.69 Å².